The molecule has 0 aromatic carbocycles. The largest absolute Gasteiger partial charge is 0.388 e. The van der Waals surface area contributed by atoms with Gasteiger partial charge in [0, 0.05) is 17.7 Å². The Bertz CT molecular complexity index is 1500. The summed E-state index contributed by atoms with van der Waals surface area (Å²) in [5.41, 5.74) is 2.88. The summed E-state index contributed by atoms with van der Waals surface area (Å²) in [6.07, 6.45) is 5.46. The fourth-order valence-electron chi connectivity index (χ4n) is 3.73. The van der Waals surface area contributed by atoms with Gasteiger partial charge in [-0.3, -0.25) is 14.3 Å². The van der Waals surface area contributed by atoms with Crippen molar-refractivity contribution in [2.45, 2.75) is 32.3 Å². The van der Waals surface area contributed by atoms with E-state index in [0.717, 1.165) is 24.1 Å². The summed E-state index contributed by atoms with van der Waals surface area (Å²) in [7, 11) is 0. The summed E-state index contributed by atoms with van der Waals surface area (Å²) in [6, 6.07) is 7.46. The molecule has 6 rings (SSSR count). The van der Waals surface area contributed by atoms with E-state index in [1.165, 1.54) is 0 Å². The van der Waals surface area contributed by atoms with Gasteiger partial charge < -0.3 is 10.4 Å². The molecule has 1 atom stereocenters. The zero-order chi connectivity index (χ0) is 22.5. The van der Waals surface area contributed by atoms with Gasteiger partial charge in [0.1, 0.15) is 12.4 Å². The number of pyridine rings is 1. The van der Waals surface area contributed by atoms with Crippen LogP contribution in [0.5, 0.6) is 0 Å². The highest BCUT2D eigenvalue weighted by molar-refractivity contribution is 5.93. The number of carbonyl (C=O) groups is 1. The van der Waals surface area contributed by atoms with Crippen LogP contribution < -0.4 is 5.32 Å². The summed E-state index contributed by atoms with van der Waals surface area (Å²) >= 11 is 0. The number of nitrogens with zero attached hydrogens (tertiary/aromatic N) is 8. The second-order valence-electron chi connectivity index (χ2n) is 8.14. The van der Waals surface area contributed by atoms with Crippen molar-refractivity contribution in [3.8, 4) is 11.4 Å². The van der Waals surface area contributed by atoms with Crippen molar-refractivity contribution in [3.05, 3.63) is 54.0 Å². The number of aliphatic hydroxyl groups excluding tert-OH is 1. The molecule has 0 aliphatic heterocycles. The third kappa shape index (κ3) is 3.49. The van der Waals surface area contributed by atoms with Crippen molar-refractivity contribution < 1.29 is 9.90 Å². The molecule has 5 heterocycles. The number of H-pyrrole nitrogens is 1. The minimum Gasteiger partial charge on any atom is -0.388 e. The van der Waals surface area contributed by atoms with E-state index in [0.29, 0.717) is 34.6 Å². The Hall–Kier alpha value is -4.19. The maximum absolute atomic E-state index is 12.0. The summed E-state index contributed by atoms with van der Waals surface area (Å²) in [4.78, 5) is 20.7. The lowest BCUT2D eigenvalue weighted by Gasteiger charge is -2.10. The Balaban J connectivity index is 1.32. The van der Waals surface area contributed by atoms with Gasteiger partial charge in [-0.1, -0.05) is 0 Å². The topological polar surface area (TPSA) is 151 Å². The number of rotatable bonds is 6. The lowest BCUT2D eigenvalue weighted by molar-refractivity contribution is -0.117. The quantitative estimate of drug-likeness (QED) is 0.357. The molecule has 0 spiro atoms. The second kappa shape index (κ2) is 7.45. The second-order valence-corrected chi connectivity index (χ2v) is 8.14. The average molecular weight is 444 g/mol. The van der Waals surface area contributed by atoms with Gasteiger partial charge in [0.15, 0.2) is 28.8 Å². The Morgan fingerprint density at radius 3 is 2.82 bits per heavy atom. The molecule has 1 amide bonds. The van der Waals surface area contributed by atoms with Crippen LogP contribution in [0.15, 0.2) is 36.7 Å². The lowest BCUT2D eigenvalue weighted by atomic mass is 10.1. The minimum absolute atomic E-state index is 0.00948. The highest BCUT2D eigenvalue weighted by Gasteiger charge is 2.30. The first-order chi connectivity index (χ1) is 16.1. The number of hydrogen-bond donors (Lipinski definition) is 3. The molecule has 5 aromatic rings. The minimum atomic E-state index is -0.210. The molecule has 12 nitrogen and oxygen atoms in total. The van der Waals surface area contributed by atoms with Gasteiger partial charge in [0.05, 0.1) is 17.8 Å². The van der Waals surface area contributed by atoms with Crippen LogP contribution in [0.2, 0.25) is 0 Å². The molecule has 0 bridgehead atoms. The zero-order valence-electron chi connectivity index (χ0n) is 17.7. The first kappa shape index (κ1) is 19.5. The predicted octanol–water partition coefficient (Wildman–Crippen LogP) is 1.55. The fraction of sp³-hybridized carbons (Fsp3) is 0.286. The maximum Gasteiger partial charge on any atom is 0.228 e. The van der Waals surface area contributed by atoms with Crippen LogP contribution in [-0.2, 0) is 11.4 Å². The Morgan fingerprint density at radius 1 is 1.18 bits per heavy atom. The number of aromatic amines is 1. The first-order valence-corrected chi connectivity index (χ1v) is 10.6. The number of aromatic nitrogens is 9. The van der Waals surface area contributed by atoms with Gasteiger partial charge in [-0.05, 0) is 44.0 Å². The summed E-state index contributed by atoms with van der Waals surface area (Å²) in [5, 5.41) is 32.3. The predicted molar refractivity (Wildman–Crippen MR) is 116 cm³/mol. The molecular formula is C21H20N10O2. The van der Waals surface area contributed by atoms with Crippen molar-refractivity contribution in [3.63, 3.8) is 0 Å². The monoisotopic (exact) mass is 444 g/mol. The van der Waals surface area contributed by atoms with Crippen LogP contribution in [-0.4, -0.2) is 55.4 Å². The molecule has 166 valence electrons. The van der Waals surface area contributed by atoms with Crippen molar-refractivity contribution in [2.75, 3.05) is 5.32 Å². The van der Waals surface area contributed by atoms with Gasteiger partial charge in [-0.15, -0.1) is 10.2 Å². The van der Waals surface area contributed by atoms with Crippen LogP contribution in [0.1, 0.15) is 43.0 Å². The number of amides is 1. The Labute approximate surface area is 186 Å². The van der Waals surface area contributed by atoms with Crippen LogP contribution in [0.4, 0.5) is 5.82 Å². The number of carbonyl (C=O) groups excluding carboxylic acids is 1. The van der Waals surface area contributed by atoms with E-state index < -0.39 is 0 Å². The van der Waals surface area contributed by atoms with E-state index in [-0.39, 0.29) is 24.3 Å². The number of anilines is 1. The van der Waals surface area contributed by atoms with Crippen LogP contribution in [0.3, 0.4) is 0 Å². The lowest BCUT2D eigenvalue weighted by Crippen LogP contribution is -2.13. The smallest absolute Gasteiger partial charge is 0.228 e. The molecular weight excluding hydrogens is 424 g/mol. The summed E-state index contributed by atoms with van der Waals surface area (Å²) < 4.78 is 3.54. The molecule has 1 unspecified atom stereocenters. The van der Waals surface area contributed by atoms with Crippen molar-refractivity contribution in [2.24, 2.45) is 5.92 Å². The van der Waals surface area contributed by atoms with E-state index >= 15 is 0 Å². The number of fused-ring (bicyclic) bond motifs is 2. The Kier molecular flexibility index (Phi) is 4.40. The van der Waals surface area contributed by atoms with Crippen LogP contribution >= 0.6 is 0 Å². The van der Waals surface area contributed by atoms with E-state index in [9.17, 15) is 9.90 Å². The number of hydrogen-bond acceptors (Lipinski definition) is 8. The van der Waals surface area contributed by atoms with Gasteiger partial charge in [0.2, 0.25) is 5.91 Å². The standard InChI is InChI=1S/C21H20N10O2/c1-11(14-5-7-17-22-15(9-31(17)29-14)24-21(33)12-2-3-12)20-28-26-18-6-4-13(8-30(18)20)19-23-16(10-32)25-27-19/h4-9,11-12,32H,2-3,10H2,1H3,(H,24,33)(H,23,25,27). The van der Waals surface area contributed by atoms with Crippen molar-refractivity contribution in [1.82, 2.24) is 44.4 Å². The molecule has 33 heavy (non-hydrogen) atoms. The van der Waals surface area contributed by atoms with Gasteiger partial charge >= 0.3 is 0 Å². The van der Waals surface area contributed by atoms with Crippen molar-refractivity contribution >= 4 is 23.0 Å². The van der Waals surface area contributed by atoms with Crippen LogP contribution in [0.25, 0.3) is 22.7 Å². The number of aliphatic hydroxyl groups is 1. The van der Waals surface area contributed by atoms with Crippen molar-refractivity contribution in [1.29, 1.82) is 0 Å². The van der Waals surface area contributed by atoms with Crippen LogP contribution in [0, 0.1) is 5.92 Å². The normalized spacial score (nSPS) is 14.7. The SMILES string of the molecule is CC(c1ccc2nc(NC(=O)C3CC3)cn2n1)c1nnc2ccc(-c3n[nH]c(CO)n3)cn12. The maximum atomic E-state index is 12.0. The molecule has 0 saturated heterocycles. The molecule has 1 saturated carbocycles. The Morgan fingerprint density at radius 2 is 2.03 bits per heavy atom. The van der Waals surface area contributed by atoms with Gasteiger partial charge in [-0.2, -0.15) is 10.2 Å². The third-order valence-electron chi connectivity index (χ3n) is 5.74. The first-order valence-electron chi connectivity index (χ1n) is 10.6. The van der Waals surface area contributed by atoms with Gasteiger partial charge in [-0.25, -0.2) is 14.5 Å². The molecule has 3 N–H and O–H groups in total. The van der Waals surface area contributed by atoms with E-state index in [4.69, 9.17) is 0 Å². The molecule has 1 fully saturated rings. The van der Waals surface area contributed by atoms with E-state index in [1.54, 1.807) is 10.7 Å². The number of nitrogens with one attached hydrogen (secondary N) is 2. The summed E-state index contributed by atoms with van der Waals surface area (Å²) in [6.45, 7) is 1.79. The fourth-order valence-corrected chi connectivity index (χ4v) is 3.73. The highest BCUT2D eigenvalue weighted by atomic mass is 16.3. The highest BCUT2D eigenvalue weighted by Crippen LogP contribution is 2.30. The molecule has 12 heteroatoms. The molecule has 0 radical (unpaired) electrons. The molecule has 1 aliphatic carbocycles. The van der Waals surface area contributed by atoms with Gasteiger partial charge in [0.25, 0.3) is 0 Å². The average Bonchev–Trinajstić information content (AvgIpc) is 3.25. The van der Waals surface area contributed by atoms with E-state index in [2.05, 4.69) is 40.8 Å². The number of imidazole rings is 1. The van der Waals surface area contributed by atoms with E-state index in [1.807, 2.05) is 41.8 Å². The zero-order valence-corrected chi connectivity index (χ0v) is 17.7. The third-order valence-corrected chi connectivity index (χ3v) is 5.74. The summed E-state index contributed by atoms with van der Waals surface area (Å²) in [5.74, 6) is 2.02. The molecule has 5 aromatic heterocycles. The molecule has 1 aliphatic rings.